The number of fused-ring (bicyclic) bond motifs is 1. The summed E-state index contributed by atoms with van der Waals surface area (Å²) in [5, 5.41) is 0.723. The number of esters is 1. The van der Waals surface area contributed by atoms with Gasteiger partial charge in [0.1, 0.15) is 16.5 Å². The van der Waals surface area contributed by atoms with Crippen LogP contribution in [0.4, 0.5) is 8.78 Å². The second kappa shape index (κ2) is 8.24. The maximum atomic E-state index is 13.4. The summed E-state index contributed by atoms with van der Waals surface area (Å²) in [7, 11) is 0. The summed E-state index contributed by atoms with van der Waals surface area (Å²) >= 11 is 7.25. The number of benzene rings is 2. The smallest absolute Gasteiger partial charge is 0.350 e. The lowest BCUT2D eigenvalue weighted by Gasteiger charge is -2.10. The number of aryl methyl sites for hydroxylation is 1. The van der Waals surface area contributed by atoms with E-state index in [0.717, 1.165) is 22.7 Å². The van der Waals surface area contributed by atoms with Crippen molar-refractivity contribution in [3.8, 4) is 5.69 Å². The van der Waals surface area contributed by atoms with E-state index in [2.05, 4.69) is 0 Å². The SMILES string of the molecule is Cc1cc(C(=O)COC(=O)c2sc3cc(F)ccc3c2Cl)c(C)n1-c1ccc(F)cc1. The van der Waals surface area contributed by atoms with Crippen LogP contribution in [0.2, 0.25) is 5.02 Å². The summed E-state index contributed by atoms with van der Waals surface area (Å²) < 4.78 is 34.2. The third-order valence-corrected chi connectivity index (χ3v) is 6.56. The average molecular weight is 460 g/mol. The molecule has 4 nitrogen and oxygen atoms in total. The minimum absolute atomic E-state index is 0.117. The number of hydrogen-bond acceptors (Lipinski definition) is 4. The molecule has 4 rings (SSSR count). The standard InChI is InChI=1S/C23H16ClF2NO3S/c1-12-9-18(13(2)27(12)16-6-3-14(25)4-7-16)19(28)11-30-23(29)22-21(24)17-8-5-15(26)10-20(17)31-22/h3-10H,11H2,1-2H3. The lowest BCUT2D eigenvalue weighted by molar-refractivity contribution is 0.0479. The van der Waals surface area contributed by atoms with Crippen molar-refractivity contribution in [3.63, 3.8) is 0 Å². The van der Waals surface area contributed by atoms with Crippen molar-refractivity contribution in [3.05, 3.63) is 87.0 Å². The second-order valence-electron chi connectivity index (χ2n) is 6.98. The molecule has 0 fully saturated rings. The lowest BCUT2D eigenvalue weighted by Crippen LogP contribution is -2.14. The van der Waals surface area contributed by atoms with Crippen molar-refractivity contribution in [2.75, 3.05) is 6.61 Å². The van der Waals surface area contributed by atoms with Gasteiger partial charge in [-0.25, -0.2) is 13.6 Å². The van der Waals surface area contributed by atoms with Crippen LogP contribution in [-0.2, 0) is 4.74 Å². The average Bonchev–Trinajstić information content (AvgIpc) is 3.22. The normalized spacial score (nSPS) is 11.1. The van der Waals surface area contributed by atoms with Crippen molar-refractivity contribution in [1.29, 1.82) is 0 Å². The summed E-state index contributed by atoms with van der Waals surface area (Å²) in [6, 6.07) is 11.7. The van der Waals surface area contributed by atoms with E-state index in [0.29, 0.717) is 21.3 Å². The molecule has 0 aliphatic heterocycles. The van der Waals surface area contributed by atoms with Crippen LogP contribution in [0.25, 0.3) is 15.8 Å². The van der Waals surface area contributed by atoms with E-state index in [1.165, 1.54) is 30.3 Å². The predicted octanol–water partition coefficient (Wildman–Crippen LogP) is 6.28. The van der Waals surface area contributed by atoms with Crippen molar-refractivity contribution in [1.82, 2.24) is 4.57 Å². The summed E-state index contributed by atoms with van der Waals surface area (Å²) in [5.74, 6) is -1.90. The number of thiophene rings is 1. The largest absolute Gasteiger partial charge is 0.453 e. The fourth-order valence-corrected chi connectivity index (χ4v) is 4.90. The molecular formula is C23H16ClF2NO3S. The van der Waals surface area contributed by atoms with Gasteiger partial charge in [0, 0.05) is 32.7 Å². The van der Waals surface area contributed by atoms with Gasteiger partial charge in [0.05, 0.1) is 5.02 Å². The van der Waals surface area contributed by atoms with Gasteiger partial charge in [0.2, 0.25) is 5.78 Å². The summed E-state index contributed by atoms with van der Waals surface area (Å²) in [6.07, 6.45) is 0. The van der Waals surface area contributed by atoms with Crippen LogP contribution in [0.5, 0.6) is 0 Å². The van der Waals surface area contributed by atoms with Crippen molar-refractivity contribution in [2.24, 2.45) is 0 Å². The zero-order valence-electron chi connectivity index (χ0n) is 16.5. The van der Waals surface area contributed by atoms with Gasteiger partial charge in [0.15, 0.2) is 6.61 Å². The summed E-state index contributed by atoms with van der Waals surface area (Å²) in [4.78, 5) is 25.3. The highest BCUT2D eigenvalue weighted by Gasteiger charge is 2.22. The molecule has 4 aromatic rings. The van der Waals surface area contributed by atoms with Crippen LogP contribution < -0.4 is 0 Å². The molecule has 0 amide bonds. The summed E-state index contributed by atoms with van der Waals surface area (Å²) in [5.41, 5.74) is 2.56. The molecule has 0 aliphatic carbocycles. The Kier molecular flexibility index (Phi) is 5.64. The van der Waals surface area contributed by atoms with E-state index in [1.54, 1.807) is 25.1 Å². The van der Waals surface area contributed by atoms with E-state index in [9.17, 15) is 18.4 Å². The van der Waals surface area contributed by atoms with Gasteiger partial charge >= 0.3 is 5.97 Å². The first kappa shape index (κ1) is 21.2. The highest BCUT2D eigenvalue weighted by molar-refractivity contribution is 7.21. The molecule has 0 atom stereocenters. The summed E-state index contributed by atoms with van der Waals surface area (Å²) in [6.45, 7) is 3.13. The van der Waals surface area contributed by atoms with Gasteiger partial charge in [-0.05, 0) is 62.4 Å². The quantitative estimate of drug-likeness (QED) is 0.260. The van der Waals surface area contributed by atoms with Crippen molar-refractivity contribution in [2.45, 2.75) is 13.8 Å². The first-order chi connectivity index (χ1) is 14.8. The van der Waals surface area contributed by atoms with Gasteiger partial charge in [0.25, 0.3) is 0 Å². The van der Waals surface area contributed by atoms with Crippen LogP contribution in [0.3, 0.4) is 0 Å². The van der Waals surface area contributed by atoms with Gasteiger partial charge in [-0.1, -0.05) is 11.6 Å². The molecule has 0 aliphatic rings. The zero-order valence-corrected chi connectivity index (χ0v) is 18.1. The van der Waals surface area contributed by atoms with Crippen LogP contribution in [0.15, 0.2) is 48.5 Å². The molecule has 0 spiro atoms. The van der Waals surface area contributed by atoms with Gasteiger partial charge in [-0.3, -0.25) is 4.79 Å². The lowest BCUT2D eigenvalue weighted by atomic mass is 10.1. The fraction of sp³-hybridized carbons (Fsp3) is 0.130. The maximum absolute atomic E-state index is 13.4. The van der Waals surface area contributed by atoms with E-state index >= 15 is 0 Å². The molecule has 8 heteroatoms. The molecule has 0 N–H and O–H groups in total. The molecule has 2 heterocycles. The number of carbonyl (C=O) groups is 2. The van der Waals surface area contributed by atoms with E-state index in [1.807, 2.05) is 11.5 Å². The highest BCUT2D eigenvalue weighted by atomic mass is 35.5. The highest BCUT2D eigenvalue weighted by Crippen LogP contribution is 2.36. The Morgan fingerprint density at radius 3 is 2.42 bits per heavy atom. The third-order valence-electron chi connectivity index (χ3n) is 4.93. The first-order valence-electron chi connectivity index (χ1n) is 9.29. The molecule has 0 bridgehead atoms. The van der Waals surface area contributed by atoms with Gasteiger partial charge in [-0.15, -0.1) is 11.3 Å². The molecule has 0 saturated carbocycles. The number of ketones is 1. The Morgan fingerprint density at radius 1 is 1.03 bits per heavy atom. The van der Waals surface area contributed by atoms with Crippen LogP contribution in [0, 0.1) is 25.5 Å². The van der Waals surface area contributed by atoms with Crippen LogP contribution in [0.1, 0.15) is 31.4 Å². The second-order valence-corrected chi connectivity index (χ2v) is 8.41. The number of nitrogens with zero attached hydrogens (tertiary/aromatic N) is 1. The number of ether oxygens (including phenoxy) is 1. The predicted molar refractivity (Wildman–Crippen MR) is 117 cm³/mol. The number of hydrogen-bond donors (Lipinski definition) is 0. The Bertz CT molecular complexity index is 1330. The monoisotopic (exact) mass is 459 g/mol. The number of aromatic nitrogens is 1. The molecule has 2 aromatic carbocycles. The molecule has 0 radical (unpaired) electrons. The molecule has 0 unspecified atom stereocenters. The molecule has 158 valence electrons. The third kappa shape index (κ3) is 3.98. The fourth-order valence-electron chi connectivity index (χ4n) is 3.48. The zero-order chi connectivity index (χ0) is 22.3. The first-order valence-corrected chi connectivity index (χ1v) is 10.5. The number of halogens is 3. The molecule has 0 saturated heterocycles. The van der Waals surface area contributed by atoms with E-state index < -0.39 is 18.4 Å². The minimum atomic E-state index is -0.743. The minimum Gasteiger partial charge on any atom is -0.453 e. The Morgan fingerprint density at radius 2 is 1.71 bits per heavy atom. The van der Waals surface area contributed by atoms with Crippen LogP contribution in [-0.4, -0.2) is 22.9 Å². The Hall–Kier alpha value is -3.03. The molecule has 2 aromatic heterocycles. The van der Waals surface area contributed by atoms with Crippen molar-refractivity contribution < 1.29 is 23.1 Å². The Balaban J connectivity index is 1.53. The van der Waals surface area contributed by atoms with Gasteiger partial charge < -0.3 is 9.30 Å². The molecular weight excluding hydrogens is 444 g/mol. The van der Waals surface area contributed by atoms with Crippen molar-refractivity contribution >= 4 is 44.8 Å². The van der Waals surface area contributed by atoms with E-state index in [4.69, 9.17) is 16.3 Å². The number of carbonyl (C=O) groups excluding carboxylic acids is 2. The Labute approximate surface area is 185 Å². The van der Waals surface area contributed by atoms with E-state index in [-0.39, 0.29) is 21.5 Å². The topological polar surface area (TPSA) is 48.3 Å². The molecule has 31 heavy (non-hydrogen) atoms. The van der Waals surface area contributed by atoms with Crippen LogP contribution >= 0.6 is 22.9 Å². The number of Topliss-reactive ketones (excluding diaryl/α,β-unsaturated/α-hetero) is 1. The number of rotatable bonds is 5. The maximum Gasteiger partial charge on any atom is 0.350 e. The van der Waals surface area contributed by atoms with Gasteiger partial charge in [-0.2, -0.15) is 0 Å².